The van der Waals surface area contributed by atoms with E-state index in [9.17, 15) is 0 Å². The summed E-state index contributed by atoms with van der Waals surface area (Å²) in [6.07, 6.45) is 0. The monoisotopic (exact) mass is 346 g/mol. The summed E-state index contributed by atoms with van der Waals surface area (Å²) in [5.41, 5.74) is 9.50. The van der Waals surface area contributed by atoms with Crippen molar-refractivity contribution >= 4 is 15.9 Å². The highest BCUT2D eigenvalue weighted by Crippen LogP contribution is 2.22. The minimum Gasteiger partial charge on any atom is -0.326 e. The molecule has 2 rings (SSSR count). The molecule has 0 amide bonds. The number of nitrogens with two attached hydrogens (primary N) is 1. The maximum Gasteiger partial charge on any atom is 0.0251 e. The minimum absolute atomic E-state index is 0.492. The zero-order valence-electron chi connectivity index (χ0n) is 12.7. The van der Waals surface area contributed by atoms with E-state index in [4.69, 9.17) is 5.73 Å². The van der Waals surface area contributed by atoms with Gasteiger partial charge in [-0.05, 0) is 36.6 Å². The van der Waals surface area contributed by atoms with Crippen LogP contribution in [-0.2, 0) is 19.6 Å². The molecule has 3 heteroatoms. The highest BCUT2D eigenvalue weighted by molar-refractivity contribution is 9.10. The van der Waals surface area contributed by atoms with E-state index >= 15 is 0 Å². The molecule has 0 aliphatic carbocycles. The third kappa shape index (κ3) is 4.67. The molecule has 0 spiro atoms. The lowest BCUT2D eigenvalue weighted by Gasteiger charge is -2.27. The zero-order chi connectivity index (χ0) is 15.2. The Hall–Kier alpha value is -1.16. The molecule has 0 aromatic heterocycles. The molecule has 0 aliphatic rings. The van der Waals surface area contributed by atoms with Crippen LogP contribution < -0.4 is 5.73 Å². The van der Waals surface area contributed by atoms with Crippen LogP contribution in [0.3, 0.4) is 0 Å². The molecule has 112 valence electrons. The number of halogens is 1. The van der Waals surface area contributed by atoms with E-state index in [1.807, 2.05) is 0 Å². The van der Waals surface area contributed by atoms with Gasteiger partial charge in [0.15, 0.2) is 0 Å². The minimum atomic E-state index is 0.492. The highest BCUT2D eigenvalue weighted by Gasteiger charge is 2.12. The van der Waals surface area contributed by atoms with Crippen LogP contribution >= 0.6 is 15.9 Å². The quantitative estimate of drug-likeness (QED) is 0.843. The van der Waals surface area contributed by atoms with Gasteiger partial charge in [0.1, 0.15) is 0 Å². The summed E-state index contributed by atoms with van der Waals surface area (Å²) in [7, 11) is 0. The molecule has 2 aromatic carbocycles. The van der Waals surface area contributed by atoms with Gasteiger partial charge in [0.05, 0.1) is 0 Å². The maximum absolute atomic E-state index is 5.69. The van der Waals surface area contributed by atoms with Crippen molar-refractivity contribution in [2.45, 2.75) is 39.5 Å². The normalized spacial score (nSPS) is 11.3. The number of rotatable bonds is 6. The van der Waals surface area contributed by atoms with Crippen molar-refractivity contribution in [1.82, 2.24) is 4.90 Å². The van der Waals surface area contributed by atoms with Crippen LogP contribution in [0.25, 0.3) is 0 Å². The van der Waals surface area contributed by atoms with E-state index in [2.05, 4.69) is 83.2 Å². The molecule has 0 saturated heterocycles. The lowest BCUT2D eigenvalue weighted by atomic mass is 10.1. The average Bonchev–Trinajstić information content (AvgIpc) is 2.49. The lowest BCUT2D eigenvalue weighted by molar-refractivity contribution is 0.203. The van der Waals surface area contributed by atoms with Gasteiger partial charge in [0.25, 0.3) is 0 Å². The van der Waals surface area contributed by atoms with Crippen LogP contribution in [-0.4, -0.2) is 10.9 Å². The van der Waals surface area contributed by atoms with Crippen LogP contribution in [0, 0.1) is 0 Å². The Balaban J connectivity index is 2.13. The summed E-state index contributed by atoms with van der Waals surface area (Å²) in [6, 6.07) is 17.5. The van der Waals surface area contributed by atoms with E-state index < -0.39 is 0 Å². The van der Waals surface area contributed by atoms with Crippen molar-refractivity contribution in [3.63, 3.8) is 0 Å². The number of hydrogen-bond donors (Lipinski definition) is 1. The van der Waals surface area contributed by atoms with Crippen LogP contribution in [0.4, 0.5) is 0 Å². The summed E-state index contributed by atoms with van der Waals surface area (Å²) in [5, 5.41) is 0. The predicted molar refractivity (Wildman–Crippen MR) is 92.9 cm³/mol. The van der Waals surface area contributed by atoms with E-state index in [1.165, 1.54) is 11.1 Å². The Bertz CT molecular complexity index is 567. The van der Waals surface area contributed by atoms with E-state index in [0.717, 1.165) is 23.1 Å². The average molecular weight is 347 g/mol. The maximum atomic E-state index is 5.69. The molecule has 0 unspecified atom stereocenters. The van der Waals surface area contributed by atoms with E-state index in [-0.39, 0.29) is 0 Å². The third-order valence-electron chi connectivity index (χ3n) is 3.69. The Morgan fingerprint density at radius 2 is 1.71 bits per heavy atom. The second-order valence-electron chi connectivity index (χ2n) is 5.61. The van der Waals surface area contributed by atoms with Crippen molar-refractivity contribution in [3.05, 3.63) is 69.7 Å². The second kappa shape index (κ2) is 7.74. The third-order valence-corrected chi connectivity index (χ3v) is 4.42. The van der Waals surface area contributed by atoms with Crippen LogP contribution in [0.2, 0.25) is 0 Å². The smallest absolute Gasteiger partial charge is 0.0251 e. The van der Waals surface area contributed by atoms with Crippen molar-refractivity contribution in [3.8, 4) is 0 Å². The fourth-order valence-corrected chi connectivity index (χ4v) is 2.86. The lowest BCUT2D eigenvalue weighted by Crippen LogP contribution is -2.30. The van der Waals surface area contributed by atoms with Gasteiger partial charge in [0.2, 0.25) is 0 Å². The SMILES string of the molecule is CC(C)N(Cc1ccccc1)Cc1ccc(CN)cc1Br. The molecule has 0 fully saturated rings. The summed E-state index contributed by atoms with van der Waals surface area (Å²) in [5.74, 6) is 0. The summed E-state index contributed by atoms with van der Waals surface area (Å²) >= 11 is 3.67. The van der Waals surface area contributed by atoms with Crippen molar-refractivity contribution < 1.29 is 0 Å². The fraction of sp³-hybridized carbons (Fsp3) is 0.333. The molecular weight excluding hydrogens is 324 g/mol. The second-order valence-corrected chi connectivity index (χ2v) is 6.47. The number of nitrogens with zero attached hydrogens (tertiary/aromatic N) is 1. The Kier molecular flexibility index (Phi) is 5.97. The molecular formula is C18H23BrN2. The first-order chi connectivity index (χ1) is 10.1. The van der Waals surface area contributed by atoms with Crippen molar-refractivity contribution in [1.29, 1.82) is 0 Å². The van der Waals surface area contributed by atoms with Crippen molar-refractivity contribution in [2.24, 2.45) is 5.73 Å². The first-order valence-corrected chi connectivity index (χ1v) is 8.14. The van der Waals surface area contributed by atoms with Gasteiger partial charge in [-0.25, -0.2) is 0 Å². The van der Waals surface area contributed by atoms with E-state index in [1.54, 1.807) is 0 Å². The molecule has 2 nitrogen and oxygen atoms in total. The van der Waals surface area contributed by atoms with Gasteiger partial charge in [-0.15, -0.1) is 0 Å². The van der Waals surface area contributed by atoms with Gasteiger partial charge in [-0.2, -0.15) is 0 Å². The van der Waals surface area contributed by atoms with Gasteiger partial charge < -0.3 is 5.73 Å². The Labute approximate surface area is 136 Å². The van der Waals surface area contributed by atoms with Crippen LogP contribution in [0.15, 0.2) is 53.0 Å². The Morgan fingerprint density at radius 3 is 2.29 bits per heavy atom. The summed E-state index contributed by atoms with van der Waals surface area (Å²) < 4.78 is 1.14. The summed E-state index contributed by atoms with van der Waals surface area (Å²) in [6.45, 7) is 6.95. The molecule has 2 N–H and O–H groups in total. The van der Waals surface area contributed by atoms with Crippen LogP contribution in [0.1, 0.15) is 30.5 Å². The predicted octanol–water partition coefficient (Wildman–Crippen LogP) is 4.32. The first-order valence-electron chi connectivity index (χ1n) is 7.35. The van der Waals surface area contributed by atoms with Gasteiger partial charge in [-0.1, -0.05) is 58.4 Å². The first kappa shape index (κ1) is 16.2. The van der Waals surface area contributed by atoms with Crippen molar-refractivity contribution in [2.75, 3.05) is 0 Å². The molecule has 0 aliphatic heterocycles. The van der Waals surface area contributed by atoms with Crippen LogP contribution in [0.5, 0.6) is 0 Å². The zero-order valence-corrected chi connectivity index (χ0v) is 14.3. The number of benzene rings is 2. The Morgan fingerprint density at radius 1 is 1.00 bits per heavy atom. The molecule has 0 bridgehead atoms. The van der Waals surface area contributed by atoms with Gasteiger partial charge >= 0.3 is 0 Å². The molecule has 21 heavy (non-hydrogen) atoms. The fourth-order valence-electron chi connectivity index (χ4n) is 2.30. The molecule has 0 heterocycles. The molecule has 0 atom stereocenters. The van der Waals surface area contributed by atoms with Gasteiger partial charge in [0, 0.05) is 30.1 Å². The van der Waals surface area contributed by atoms with Gasteiger partial charge in [-0.3, -0.25) is 4.90 Å². The standard InChI is InChI=1S/C18H23BrN2/c1-14(2)21(12-15-6-4-3-5-7-15)13-17-9-8-16(11-20)10-18(17)19/h3-10,14H,11-13,20H2,1-2H3. The molecule has 0 radical (unpaired) electrons. The topological polar surface area (TPSA) is 29.3 Å². The molecule has 2 aromatic rings. The van der Waals surface area contributed by atoms with E-state index in [0.29, 0.717) is 12.6 Å². The number of hydrogen-bond acceptors (Lipinski definition) is 2. The highest BCUT2D eigenvalue weighted by atomic mass is 79.9. The molecule has 0 saturated carbocycles. The summed E-state index contributed by atoms with van der Waals surface area (Å²) in [4.78, 5) is 2.47. The largest absolute Gasteiger partial charge is 0.326 e.